The summed E-state index contributed by atoms with van der Waals surface area (Å²) in [5.41, 5.74) is 0.642. The molecule has 1 heterocycles. The summed E-state index contributed by atoms with van der Waals surface area (Å²) in [4.78, 5) is 30.5. The Morgan fingerprint density at radius 3 is 2.70 bits per heavy atom. The van der Waals surface area contributed by atoms with Gasteiger partial charge in [0.2, 0.25) is 5.91 Å². The lowest BCUT2D eigenvalue weighted by molar-refractivity contribution is -0.145. The number of nitrogens with one attached hydrogen (secondary N) is 1. The topological polar surface area (TPSA) is 86.3 Å². The van der Waals surface area contributed by atoms with E-state index in [9.17, 15) is 14.7 Å². The zero-order chi connectivity index (χ0) is 15.0. The van der Waals surface area contributed by atoms with Crippen LogP contribution in [0.4, 0.5) is 0 Å². The number of nitrogens with zero attached hydrogens (tertiary/aromatic N) is 2. The van der Waals surface area contributed by atoms with E-state index in [1.54, 1.807) is 6.20 Å². The summed E-state index contributed by atoms with van der Waals surface area (Å²) in [5.74, 6) is -0.408. The SMILES string of the molecule is CCCSN(C(=O)CCC)C(Cc1c[nH]cn1)C(=O)O. The molecule has 0 aliphatic rings. The molecule has 0 fully saturated rings. The fourth-order valence-corrected chi connectivity index (χ4v) is 2.68. The number of carboxylic acid groups (broad SMARTS) is 1. The molecule has 0 aromatic carbocycles. The smallest absolute Gasteiger partial charge is 0.327 e. The number of aliphatic carboxylic acids is 1. The van der Waals surface area contributed by atoms with E-state index in [4.69, 9.17) is 0 Å². The van der Waals surface area contributed by atoms with E-state index in [1.807, 2.05) is 13.8 Å². The number of aromatic nitrogens is 2. The second kappa shape index (κ2) is 8.63. The molecule has 112 valence electrons. The Kier molecular flexibility index (Phi) is 7.14. The number of carbonyl (C=O) groups is 2. The first-order chi connectivity index (χ1) is 9.60. The summed E-state index contributed by atoms with van der Waals surface area (Å²) in [6, 6.07) is -0.881. The van der Waals surface area contributed by atoms with Crippen LogP contribution in [0.25, 0.3) is 0 Å². The van der Waals surface area contributed by atoms with Crippen molar-refractivity contribution in [3.05, 3.63) is 18.2 Å². The highest BCUT2D eigenvalue weighted by Crippen LogP contribution is 2.20. The van der Waals surface area contributed by atoms with Crippen LogP contribution in [-0.4, -0.2) is 43.1 Å². The van der Waals surface area contributed by atoms with Gasteiger partial charge in [0.1, 0.15) is 6.04 Å². The minimum Gasteiger partial charge on any atom is -0.480 e. The van der Waals surface area contributed by atoms with Gasteiger partial charge in [-0.1, -0.05) is 13.8 Å². The third-order valence-corrected chi connectivity index (χ3v) is 4.00. The standard InChI is InChI=1S/C13H21N3O3S/c1-3-5-12(17)16(20-6-4-2)11(13(18)19)7-10-8-14-9-15-10/h8-9,11H,3-7H2,1-2H3,(H,14,15)(H,18,19). The zero-order valence-electron chi connectivity index (χ0n) is 11.8. The Morgan fingerprint density at radius 2 is 2.20 bits per heavy atom. The van der Waals surface area contributed by atoms with Crippen molar-refractivity contribution >= 4 is 23.8 Å². The van der Waals surface area contributed by atoms with Crippen molar-refractivity contribution < 1.29 is 14.7 Å². The van der Waals surface area contributed by atoms with Crippen molar-refractivity contribution in [3.8, 4) is 0 Å². The summed E-state index contributed by atoms with van der Waals surface area (Å²) < 4.78 is 1.41. The molecule has 2 N–H and O–H groups in total. The fraction of sp³-hybridized carbons (Fsp3) is 0.615. The molecule has 1 aromatic rings. The zero-order valence-corrected chi connectivity index (χ0v) is 12.7. The molecule has 0 saturated carbocycles. The lowest BCUT2D eigenvalue weighted by Crippen LogP contribution is -2.42. The van der Waals surface area contributed by atoms with Gasteiger partial charge >= 0.3 is 5.97 Å². The molecular weight excluding hydrogens is 278 g/mol. The van der Waals surface area contributed by atoms with Gasteiger partial charge in [-0.15, -0.1) is 0 Å². The third kappa shape index (κ3) is 4.88. The predicted molar refractivity (Wildman–Crippen MR) is 78.2 cm³/mol. The summed E-state index contributed by atoms with van der Waals surface area (Å²) in [6.07, 6.45) is 5.33. The van der Waals surface area contributed by atoms with Gasteiger partial charge in [0.25, 0.3) is 0 Å². The molecule has 1 atom stereocenters. The van der Waals surface area contributed by atoms with Gasteiger partial charge in [0.15, 0.2) is 0 Å². The fourth-order valence-electron chi connectivity index (χ4n) is 1.72. The van der Waals surface area contributed by atoms with Gasteiger partial charge in [-0.2, -0.15) is 0 Å². The highest BCUT2D eigenvalue weighted by Gasteiger charge is 2.30. The molecule has 0 radical (unpaired) electrons. The van der Waals surface area contributed by atoms with E-state index in [2.05, 4.69) is 9.97 Å². The van der Waals surface area contributed by atoms with E-state index in [-0.39, 0.29) is 12.3 Å². The largest absolute Gasteiger partial charge is 0.480 e. The van der Waals surface area contributed by atoms with Crippen molar-refractivity contribution in [2.24, 2.45) is 0 Å². The summed E-state index contributed by atoms with van der Waals surface area (Å²) >= 11 is 1.29. The predicted octanol–water partition coefficient (Wildman–Crippen LogP) is 2.09. The highest BCUT2D eigenvalue weighted by atomic mass is 32.2. The lowest BCUT2D eigenvalue weighted by atomic mass is 10.1. The number of H-pyrrole nitrogens is 1. The van der Waals surface area contributed by atoms with Gasteiger partial charge < -0.3 is 10.1 Å². The Bertz CT molecular complexity index is 423. The van der Waals surface area contributed by atoms with E-state index >= 15 is 0 Å². The Labute approximate surface area is 123 Å². The van der Waals surface area contributed by atoms with Crippen molar-refractivity contribution in [3.63, 3.8) is 0 Å². The van der Waals surface area contributed by atoms with Crippen LogP contribution >= 0.6 is 11.9 Å². The number of carbonyl (C=O) groups excluding carboxylic acids is 1. The van der Waals surface area contributed by atoms with Gasteiger partial charge in [0, 0.05) is 24.8 Å². The monoisotopic (exact) mass is 299 g/mol. The second-order valence-electron chi connectivity index (χ2n) is 4.42. The van der Waals surface area contributed by atoms with Crippen molar-refractivity contribution in [2.75, 3.05) is 5.75 Å². The van der Waals surface area contributed by atoms with Crippen LogP contribution in [0.2, 0.25) is 0 Å². The number of carboxylic acids is 1. The third-order valence-electron chi connectivity index (χ3n) is 2.67. The molecule has 0 aliphatic carbocycles. The minimum atomic E-state index is -0.999. The van der Waals surface area contributed by atoms with Crippen LogP contribution in [0, 0.1) is 0 Å². The average molecular weight is 299 g/mol. The molecule has 0 aliphatic heterocycles. The number of hydrogen-bond acceptors (Lipinski definition) is 4. The normalized spacial score (nSPS) is 12.1. The maximum atomic E-state index is 12.1. The van der Waals surface area contributed by atoms with Crippen molar-refractivity contribution in [1.29, 1.82) is 0 Å². The maximum absolute atomic E-state index is 12.1. The van der Waals surface area contributed by atoms with Gasteiger partial charge in [-0.25, -0.2) is 9.78 Å². The first-order valence-corrected chi connectivity index (χ1v) is 7.69. The number of rotatable bonds is 9. The van der Waals surface area contributed by atoms with E-state index in [0.717, 1.165) is 12.2 Å². The maximum Gasteiger partial charge on any atom is 0.327 e. The summed E-state index contributed by atoms with van der Waals surface area (Å²) in [6.45, 7) is 3.91. The Hall–Kier alpha value is -1.50. The number of amides is 1. The molecule has 7 heteroatoms. The molecule has 0 bridgehead atoms. The van der Waals surface area contributed by atoms with Crippen LogP contribution in [-0.2, 0) is 16.0 Å². The number of imidazole rings is 1. The molecule has 0 saturated heterocycles. The van der Waals surface area contributed by atoms with Gasteiger partial charge in [-0.05, 0) is 24.8 Å². The van der Waals surface area contributed by atoms with Crippen LogP contribution < -0.4 is 0 Å². The summed E-state index contributed by atoms with van der Waals surface area (Å²) in [7, 11) is 0. The second-order valence-corrected chi connectivity index (χ2v) is 5.48. The number of aromatic amines is 1. The molecule has 6 nitrogen and oxygen atoms in total. The average Bonchev–Trinajstić information content (AvgIpc) is 2.91. The first kappa shape index (κ1) is 16.6. The molecular formula is C13H21N3O3S. The summed E-state index contributed by atoms with van der Waals surface area (Å²) in [5, 5.41) is 9.41. The quantitative estimate of drug-likeness (QED) is 0.682. The number of hydrogen-bond donors (Lipinski definition) is 2. The van der Waals surface area contributed by atoms with Crippen LogP contribution in [0.5, 0.6) is 0 Å². The van der Waals surface area contributed by atoms with Gasteiger partial charge in [-0.3, -0.25) is 9.10 Å². The Morgan fingerprint density at radius 1 is 1.45 bits per heavy atom. The van der Waals surface area contributed by atoms with Gasteiger partial charge in [0.05, 0.1) is 12.0 Å². The molecule has 20 heavy (non-hydrogen) atoms. The van der Waals surface area contributed by atoms with E-state index in [1.165, 1.54) is 22.6 Å². The van der Waals surface area contributed by atoms with Crippen LogP contribution in [0.15, 0.2) is 12.5 Å². The lowest BCUT2D eigenvalue weighted by Gasteiger charge is -2.27. The molecule has 0 spiro atoms. The highest BCUT2D eigenvalue weighted by molar-refractivity contribution is 7.97. The first-order valence-electron chi connectivity index (χ1n) is 6.75. The van der Waals surface area contributed by atoms with Crippen LogP contribution in [0.3, 0.4) is 0 Å². The molecule has 1 amide bonds. The molecule has 1 rings (SSSR count). The van der Waals surface area contributed by atoms with E-state index < -0.39 is 12.0 Å². The Balaban J connectivity index is 2.85. The molecule has 1 unspecified atom stereocenters. The minimum absolute atomic E-state index is 0.131. The van der Waals surface area contributed by atoms with Crippen LogP contribution in [0.1, 0.15) is 38.8 Å². The van der Waals surface area contributed by atoms with E-state index in [0.29, 0.717) is 18.5 Å². The van der Waals surface area contributed by atoms with Crippen molar-refractivity contribution in [2.45, 2.75) is 45.6 Å². The van der Waals surface area contributed by atoms with Crippen molar-refractivity contribution in [1.82, 2.24) is 14.3 Å². The molecule has 1 aromatic heterocycles.